The summed E-state index contributed by atoms with van der Waals surface area (Å²) in [7, 11) is 0. The smallest absolute Gasteiger partial charge is 0.308 e. The van der Waals surface area contributed by atoms with E-state index in [0.717, 1.165) is 10.8 Å². The Balaban J connectivity index is 1.31. The minimum absolute atomic E-state index is 0.303. The van der Waals surface area contributed by atoms with Crippen LogP contribution in [0, 0.1) is 5.82 Å². The van der Waals surface area contributed by atoms with E-state index >= 15 is 0 Å². The molecule has 9 heteroatoms. The molecule has 0 bridgehead atoms. The minimum atomic E-state index is -0.523. The molecule has 0 spiro atoms. The Morgan fingerprint density at radius 1 is 0.706 bits per heavy atom. The van der Waals surface area contributed by atoms with Gasteiger partial charge < -0.3 is 21.3 Å². The molecule has 4 amide bonds. The maximum atomic E-state index is 13.9. The molecule has 34 heavy (non-hydrogen) atoms. The van der Waals surface area contributed by atoms with Crippen LogP contribution >= 0.6 is 0 Å². The van der Waals surface area contributed by atoms with E-state index in [1.807, 2.05) is 30.3 Å². The van der Waals surface area contributed by atoms with Crippen LogP contribution in [0.15, 0.2) is 85.1 Å². The molecule has 5 rings (SSSR count). The third kappa shape index (κ3) is 4.49. The first-order valence-corrected chi connectivity index (χ1v) is 10.4. The maximum absolute atomic E-state index is 13.9. The van der Waals surface area contributed by atoms with Gasteiger partial charge in [0.25, 0.3) is 0 Å². The molecule has 0 saturated carbocycles. The van der Waals surface area contributed by atoms with Gasteiger partial charge in [-0.25, -0.2) is 14.0 Å². The molecular weight excluding hydrogens is 435 g/mol. The molecule has 0 aliphatic heterocycles. The van der Waals surface area contributed by atoms with Crippen molar-refractivity contribution in [3.05, 3.63) is 90.9 Å². The summed E-state index contributed by atoms with van der Waals surface area (Å²) in [5, 5.41) is 19.8. The van der Waals surface area contributed by atoms with E-state index in [1.54, 1.807) is 36.4 Å². The lowest BCUT2D eigenvalue weighted by Gasteiger charge is -2.12. The summed E-state index contributed by atoms with van der Waals surface area (Å²) in [6, 6.07) is 21.6. The Morgan fingerprint density at radius 3 is 2.32 bits per heavy atom. The molecule has 4 aromatic carbocycles. The summed E-state index contributed by atoms with van der Waals surface area (Å²) >= 11 is 0. The number of benzene rings is 4. The van der Waals surface area contributed by atoms with Crippen LogP contribution in [-0.4, -0.2) is 22.3 Å². The molecule has 0 unspecified atom stereocenters. The number of hydrogen-bond donors (Lipinski definition) is 5. The number of hydrogen-bond acceptors (Lipinski definition) is 3. The molecule has 0 atom stereocenters. The van der Waals surface area contributed by atoms with Crippen molar-refractivity contribution in [3.8, 4) is 0 Å². The number of carbonyl (C=O) groups excluding carboxylic acids is 2. The average Bonchev–Trinajstić information content (AvgIpc) is 3.28. The topological polar surface area (TPSA) is 111 Å². The molecule has 1 aromatic heterocycles. The lowest BCUT2D eigenvalue weighted by atomic mass is 10.1. The second kappa shape index (κ2) is 8.91. The summed E-state index contributed by atoms with van der Waals surface area (Å²) < 4.78 is 13.9. The molecule has 8 nitrogen and oxygen atoms in total. The van der Waals surface area contributed by atoms with Crippen LogP contribution in [0.25, 0.3) is 21.7 Å². The number of nitrogens with one attached hydrogen (secondary N) is 5. The van der Waals surface area contributed by atoms with Gasteiger partial charge in [0, 0.05) is 22.1 Å². The Morgan fingerprint density at radius 2 is 1.47 bits per heavy atom. The minimum Gasteiger partial charge on any atom is -0.308 e. The van der Waals surface area contributed by atoms with Gasteiger partial charge in [0.15, 0.2) is 0 Å². The van der Waals surface area contributed by atoms with Gasteiger partial charge in [-0.2, -0.15) is 5.10 Å². The number of aromatic amines is 1. The highest BCUT2D eigenvalue weighted by atomic mass is 19.1. The number of fused-ring (bicyclic) bond motifs is 2. The highest BCUT2D eigenvalue weighted by molar-refractivity contribution is 6.10. The highest BCUT2D eigenvalue weighted by Gasteiger charge is 2.11. The van der Waals surface area contributed by atoms with Gasteiger partial charge >= 0.3 is 12.1 Å². The summed E-state index contributed by atoms with van der Waals surface area (Å²) in [6.07, 6.45) is 1.52. The number of para-hydroxylation sites is 1. The average molecular weight is 454 g/mol. The Kier molecular flexibility index (Phi) is 5.49. The highest BCUT2D eigenvalue weighted by Crippen LogP contribution is 2.27. The number of nitrogens with zero attached hydrogens (tertiary/aromatic N) is 1. The largest absolute Gasteiger partial charge is 0.323 e. The van der Waals surface area contributed by atoms with Crippen LogP contribution in [0.5, 0.6) is 0 Å². The fourth-order valence-corrected chi connectivity index (χ4v) is 3.68. The van der Waals surface area contributed by atoms with Crippen molar-refractivity contribution in [2.45, 2.75) is 0 Å². The zero-order valence-corrected chi connectivity index (χ0v) is 17.7. The summed E-state index contributed by atoms with van der Waals surface area (Å²) in [4.78, 5) is 24.9. The summed E-state index contributed by atoms with van der Waals surface area (Å²) in [5.74, 6) is -0.492. The molecule has 5 aromatic rings. The third-order valence-electron chi connectivity index (χ3n) is 5.19. The molecule has 0 fully saturated rings. The predicted molar refractivity (Wildman–Crippen MR) is 132 cm³/mol. The molecule has 5 N–H and O–H groups in total. The molecule has 1 heterocycles. The molecular formula is C25H19FN6O2. The van der Waals surface area contributed by atoms with Gasteiger partial charge in [-0.05, 0) is 47.9 Å². The molecule has 0 radical (unpaired) electrons. The normalized spacial score (nSPS) is 10.7. The zero-order valence-electron chi connectivity index (χ0n) is 17.7. The van der Waals surface area contributed by atoms with Crippen molar-refractivity contribution in [1.82, 2.24) is 10.2 Å². The first-order valence-electron chi connectivity index (χ1n) is 10.4. The van der Waals surface area contributed by atoms with Crippen LogP contribution in [0.4, 0.5) is 36.7 Å². The lowest BCUT2D eigenvalue weighted by molar-refractivity contribution is 0.261. The monoisotopic (exact) mass is 454 g/mol. The fourth-order valence-electron chi connectivity index (χ4n) is 3.68. The second-order valence-corrected chi connectivity index (χ2v) is 7.55. The molecule has 0 aliphatic carbocycles. The van der Waals surface area contributed by atoms with Crippen LogP contribution < -0.4 is 21.3 Å². The fraction of sp³-hybridized carbons (Fsp3) is 0. The van der Waals surface area contributed by atoms with Crippen molar-refractivity contribution in [2.24, 2.45) is 0 Å². The van der Waals surface area contributed by atoms with Gasteiger partial charge in [0.2, 0.25) is 0 Å². The van der Waals surface area contributed by atoms with E-state index in [1.165, 1.54) is 18.3 Å². The van der Waals surface area contributed by atoms with Gasteiger partial charge in [0.1, 0.15) is 5.82 Å². The van der Waals surface area contributed by atoms with E-state index in [9.17, 15) is 14.0 Å². The van der Waals surface area contributed by atoms with E-state index in [2.05, 4.69) is 31.5 Å². The SMILES string of the molecule is O=C(Nc1ccccc1)Nc1ccc2c(NC(=O)Nc3cc(F)cc4[nH]ncc34)cccc2c1. The Hall–Kier alpha value is -4.92. The van der Waals surface area contributed by atoms with E-state index < -0.39 is 11.8 Å². The Labute approximate surface area is 193 Å². The quantitative estimate of drug-likeness (QED) is 0.225. The summed E-state index contributed by atoms with van der Waals surface area (Å²) in [6.45, 7) is 0. The lowest BCUT2D eigenvalue weighted by Crippen LogP contribution is -2.20. The number of carbonyl (C=O) groups is 2. The van der Waals surface area contributed by atoms with E-state index in [4.69, 9.17) is 0 Å². The summed E-state index contributed by atoms with van der Waals surface area (Å²) in [5.41, 5.74) is 2.64. The van der Waals surface area contributed by atoms with Gasteiger partial charge in [-0.15, -0.1) is 0 Å². The number of rotatable bonds is 4. The van der Waals surface area contributed by atoms with Crippen molar-refractivity contribution in [1.29, 1.82) is 0 Å². The number of amides is 4. The molecule has 0 aliphatic rings. The number of urea groups is 2. The van der Waals surface area contributed by atoms with Crippen molar-refractivity contribution >= 4 is 56.5 Å². The van der Waals surface area contributed by atoms with Crippen molar-refractivity contribution < 1.29 is 14.0 Å². The van der Waals surface area contributed by atoms with Crippen molar-refractivity contribution in [2.75, 3.05) is 21.3 Å². The van der Waals surface area contributed by atoms with E-state index in [0.29, 0.717) is 33.7 Å². The first kappa shape index (κ1) is 21.0. The number of anilines is 4. The number of halogens is 1. The Bertz CT molecular complexity index is 1520. The van der Waals surface area contributed by atoms with Gasteiger partial charge in [-0.1, -0.05) is 36.4 Å². The predicted octanol–water partition coefficient (Wildman–Crippen LogP) is 6.14. The second-order valence-electron chi connectivity index (χ2n) is 7.55. The maximum Gasteiger partial charge on any atom is 0.323 e. The van der Waals surface area contributed by atoms with Crippen LogP contribution in [-0.2, 0) is 0 Å². The van der Waals surface area contributed by atoms with Crippen LogP contribution in [0.3, 0.4) is 0 Å². The number of H-pyrrole nitrogens is 1. The van der Waals surface area contributed by atoms with Crippen LogP contribution in [0.2, 0.25) is 0 Å². The van der Waals surface area contributed by atoms with Crippen LogP contribution in [0.1, 0.15) is 0 Å². The molecule has 168 valence electrons. The zero-order chi connectivity index (χ0) is 23.5. The van der Waals surface area contributed by atoms with Crippen molar-refractivity contribution in [3.63, 3.8) is 0 Å². The third-order valence-corrected chi connectivity index (χ3v) is 5.19. The first-order chi connectivity index (χ1) is 16.5. The van der Waals surface area contributed by atoms with Gasteiger partial charge in [-0.3, -0.25) is 5.10 Å². The van der Waals surface area contributed by atoms with Gasteiger partial charge in [0.05, 0.1) is 23.1 Å². The van der Waals surface area contributed by atoms with E-state index in [-0.39, 0.29) is 6.03 Å². The molecule has 0 saturated heterocycles. The standard InChI is InChI=1S/C25H19FN6O2/c26-16-12-22(20-14-27-32-23(20)13-16)31-25(34)30-21-8-4-5-15-11-18(9-10-19(15)21)29-24(33)28-17-6-2-1-3-7-17/h1-14H,(H,27,32)(H2,28,29,33)(H2,30,31,34). The number of aromatic nitrogens is 2.